The summed E-state index contributed by atoms with van der Waals surface area (Å²) in [5.41, 5.74) is 0.639. The molecule has 4 N–H and O–H groups in total. The van der Waals surface area contributed by atoms with Crippen LogP contribution in [0.1, 0.15) is 0 Å². The van der Waals surface area contributed by atoms with Gasteiger partial charge in [0.2, 0.25) is 10.0 Å². The smallest absolute Gasteiger partial charge is 0.308 e. The number of non-ortho nitro benzene ring substituents is 1. The summed E-state index contributed by atoms with van der Waals surface area (Å²) in [5, 5.41) is 20.5. The summed E-state index contributed by atoms with van der Waals surface area (Å²) >= 11 is 0. The molecule has 2 rings (SSSR count). The second-order valence-corrected chi connectivity index (χ2v) is 6.01. The topological polar surface area (TPSA) is 144 Å². The summed E-state index contributed by atoms with van der Waals surface area (Å²) in [5.74, 6) is 0. The molecule has 0 aliphatic heterocycles. The lowest BCUT2D eigenvalue weighted by atomic mass is 10.3. The van der Waals surface area contributed by atoms with E-state index >= 15 is 0 Å². The van der Waals surface area contributed by atoms with E-state index in [0.717, 1.165) is 0 Å². The third-order valence-electron chi connectivity index (χ3n) is 2.78. The van der Waals surface area contributed by atoms with Crippen molar-refractivity contribution in [3.63, 3.8) is 0 Å². The monoisotopic (exact) mass is 336 g/mol. The van der Waals surface area contributed by atoms with Crippen LogP contribution >= 0.6 is 0 Å². The van der Waals surface area contributed by atoms with E-state index in [0.29, 0.717) is 11.4 Å². The Kier molecular flexibility index (Phi) is 4.57. The number of nitrogens with zero attached hydrogens (tertiary/aromatic N) is 1. The van der Waals surface area contributed by atoms with Crippen molar-refractivity contribution in [3.8, 4) is 0 Å². The summed E-state index contributed by atoms with van der Waals surface area (Å²) in [6.07, 6.45) is 0. The van der Waals surface area contributed by atoms with Crippen LogP contribution in [0.4, 0.5) is 21.9 Å². The summed E-state index contributed by atoms with van der Waals surface area (Å²) in [4.78, 5) is 21.7. The molecule has 0 spiro atoms. The molecule has 9 nitrogen and oxygen atoms in total. The Hall–Kier alpha value is -2.98. The molecule has 0 bridgehead atoms. The minimum absolute atomic E-state index is 0.0705. The van der Waals surface area contributed by atoms with E-state index in [2.05, 4.69) is 10.6 Å². The van der Waals surface area contributed by atoms with E-state index in [-0.39, 0.29) is 10.6 Å². The molecule has 2 amide bonds. The van der Waals surface area contributed by atoms with Crippen molar-refractivity contribution in [1.29, 1.82) is 0 Å². The molecule has 10 heteroatoms. The van der Waals surface area contributed by atoms with Crippen LogP contribution in [0.2, 0.25) is 0 Å². The first kappa shape index (κ1) is 16.4. The number of nitrogens with one attached hydrogen (secondary N) is 2. The number of primary sulfonamides is 1. The first-order chi connectivity index (χ1) is 10.8. The SMILES string of the molecule is NS(=O)(=O)c1ccc(NC(=O)Nc2ccc([N+](=O)[O-])cc2)cc1. The fourth-order valence-electron chi connectivity index (χ4n) is 1.69. The third-order valence-corrected chi connectivity index (χ3v) is 3.71. The predicted molar refractivity (Wildman–Crippen MR) is 83.6 cm³/mol. The maximum Gasteiger partial charge on any atom is 0.323 e. The molecule has 0 heterocycles. The number of urea groups is 1. The molecule has 2 aromatic rings. The Morgan fingerprint density at radius 1 is 0.957 bits per heavy atom. The highest BCUT2D eigenvalue weighted by molar-refractivity contribution is 7.89. The highest BCUT2D eigenvalue weighted by Gasteiger charge is 2.09. The minimum Gasteiger partial charge on any atom is -0.308 e. The number of nitro benzene ring substituents is 1. The fraction of sp³-hybridized carbons (Fsp3) is 0. The van der Waals surface area contributed by atoms with Crippen LogP contribution in [-0.4, -0.2) is 19.4 Å². The van der Waals surface area contributed by atoms with Crippen molar-refractivity contribution in [2.75, 3.05) is 10.6 Å². The average Bonchev–Trinajstić information content (AvgIpc) is 2.47. The molecular formula is C13H12N4O5S. The van der Waals surface area contributed by atoms with Gasteiger partial charge in [0.25, 0.3) is 5.69 Å². The third kappa shape index (κ3) is 4.49. The zero-order chi connectivity index (χ0) is 17.0. The van der Waals surface area contributed by atoms with Gasteiger partial charge in [-0.3, -0.25) is 10.1 Å². The molecule has 23 heavy (non-hydrogen) atoms. The zero-order valence-corrected chi connectivity index (χ0v) is 12.4. The molecule has 0 unspecified atom stereocenters. The van der Waals surface area contributed by atoms with Crippen molar-refractivity contribution in [1.82, 2.24) is 0 Å². The van der Waals surface area contributed by atoms with E-state index in [4.69, 9.17) is 5.14 Å². The molecule has 2 aromatic carbocycles. The molecule has 0 fully saturated rings. The maximum atomic E-state index is 11.8. The van der Waals surface area contributed by atoms with Crippen molar-refractivity contribution < 1.29 is 18.1 Å². The van der Waals surface area contributed by atoms with E-state index in [1.165, 1.54) is 48.5 Å². The van der Waals surface area contributed by atoms with Gasteiger partial charge in [-0.15, -0.1) is 0 Å². The number of hydrogen-bond donors (Lipinski definition) is 3. The number of hydrogen-bond acceptors (Lipinski definition) is 5. The van der Waals surface area contributed by atoms with Gasteiger partial charge in [0.05, 0.1) is 9.82 Å². The molecule has 0 aromatic heterocycles. The van der Waals surface area contributed by atoms with Crippen LogP contribution in [0.5, 0.6) is 0 Å². The van der Waals surface area contributed by atoms with Crippen molar-refractivity contribution in [2.24, 2.45) is 5.14 Å². The van der Waals surface area contributed by atoms with Gasteiger partial charge < -0.3 is 10.6 Å². The van der Waals surface area contributed by atoms with Crippen LogP contribution in [0.15, 0.2) is 53.4 Å². The molecule has 120 valence electrons. The Morgan fingerprint density at radius 3 is 1.78 bits per heavy atom. The van der Waals surface area contributed by atoms with Crippen LogP contribution in [0.3, 0.4) is 0 Å². The number of benzene rings is 2. The van der Waals surface area contributed by atoms with Gasteiger partial charge >= 0.3 is 6.03 Å². The number of sulfonamides is 1. The summed E-state index contributed by atoms with van der Waals surface area (Å²) in [6.45, 7) is 0. The Bertz CT molecular complexity index is 832. The van der Waals surface area contributed by atoms with E-state index in [1.54, 1.807) is 0 Å². The second-order valence-electron chi connectivity index (χ2n) is 4.45. The Labute approximate surface area is 131 Å². The van der Waals surface area contributed by atoms with Gasteiger partial charge in [0, 0.05) is 23.5 Å². The first-order valence-corrected chi connectivity index (χ1v) is 7.76. The number of carbonyl (C=O) groups excluding carboxylic acids is 1. The van der Waals surface area contributed by atoms with Crippen molar-refractivity contribution in [2.45, 2.75) is 4.90 Å². The number of amides is 2. The van der Waals surface area contributed by atoms with Gasteiger partial charge in [-0.2, -0.15) is 0 Å². The minimum atomic E-state index is -3.79. The summed E-state index contributed by atoms with van der Waals surface area (Å²) < 4.78 is 22.2. The standard InChI is InChI=1S/C13H12N4O5S/c14-23(21,22)12-7-3-10(4-8-12)16-13(18)15-9-1-5-11(6-2-9)17(19)20/h1-8H,(H2,14,21,22)(H2,15,16,18). The molecule has 0 aliphatic carbocycles. The van der Waals surface area contributed by atoms with Crippen molar-refractivity contribution in [3.05, 3.63) is 58.6 Å². The van der Waals surface area contributed by atoms with Gasteiger partial charge in [-0.25, -0.2) is 18.4 Å². The molecule has 0 radical (unpaired) electrons. The molecule has 0 saturated heterocycles. The Morgan fingerprint density at radius 2 is 1.39 bits per heavy atom. The Balaban J connectivity index is 2.00. The lowest BCUT2D eigenvalue weighted by molar-refractivity contribution is -0.384. The van der Waals surface area contributed by atoms with Crippen LogP contribution < -0.4 is 15.8 Å². The van der Waals surface area contributed by atoms with Gasteiger partial charge in [0.15, 0.2) is 0 Å². The molecule has 0 atom stereocenters. The first-order valence-electron chi connectivity index (χ1n) is 6.21. The summed E-state index contributed by atoms with van der Waals surface area (Å²) in [7, 11) is -3.79. The number of nitro groups is 1. The highest BCUT2D eigenvalue weighted by Crippen LogP contribution is 2.16. The van der Waals surface area contributed by atoms with Gasteiger partial charge in [-0.1, -0.05) is 0 Å². The fourth-order valence-corrected chi connectivity index (χ4v) is 2.20. The highest BCUT2D eigenvalue weighted by atomic mass is 32.2. The zero-order valence-electron chi connectivity index (χ0n) is 11.6. The number of nitrogens with two attached hydrogens (primary N) is 1. The van der Waals surface area contributed by atoms with Crippen LogP contribution in [0, 0.1) is 10.1 Å². The summed E-state index contributed by atoms with van der Waals surface area (Å²) in [6, 6.07) is 10.0. The lowest BCUT2D eigenvalue weighted by Gasteiger charge is -2.08. The lowest BCUT2D eigenvalue weighted by Crippen LogP contribution is -2.19. The normalized spacial score (nSPS) is 10.8. The maximum absolute atomic E-state index is 11.8. The quantitative estimate of drug-likeness (QED) is 0.576. The number of anilines is 2. The largest absolute Gasteiger partial charge is 0.323 e. The second kappa shape index (κ2) is 6.42. The predicted octanol–water partition coefficient (Wildman–Crippen LogP) is 1.89. The van der Waals surface area contributed by atoms with E-state index in [1.807, 2.05) is 0 Å². The van der Waals surface area contributed by atoms with E-state index in [9.17, 15) is 23.3 Å². The molecule has 0 aliphatic rings. The van der Waals surface area contributed by atoms with Gasteiger partial charge in [-0.05, 0) is 36.4 Å². The van der Waals surface area contributed by atoms with Crippen LogP contribution in [-0.2, 0) is 10.0 Å². The number of rotatable bonds is 4. The van der Waals surface area contributed by atoms with E-state index < -0.39 is 21.0 Å². The molecular weight excluding hydrogens is 324 g/mol. The average molecular weight is 336 g/mol. The number of carbonyl (C=O) groups is 1. The molecule has 0 saturated carbocycles. The van der Waals surface area contributed by atoms with Crippen LogP contribution in [0.25, 0.3) is 0 Å². The van der Waals surface area contributed by atoms with Crippen molar-refractivity contribution >= 4 is 33.1 Å². The van der Waals surface area contributed by atoms with Gasteiger partial charge in [0.1, 0.15) is 0 Å².